The first kappa shape index (κ1) is 11.5. The lowest BCUT2D eigenvalue weighted by Gasteiger charge is -2.03. The summed E-state index contributed by atoms with van der Waals surface area (Å²) in [5.74, 6) is 0.504. The highest BCUT2D eigenvalue weighted by Crippen LogP contribution is 2.25. The van der Waals surface area contributed by atoms with Gasteiger partial charge in [0.25, 0.3) is 0 Å². The number of hydrogen-bond acceptors (Lipinski definition) is 2. The smallest absolute Gasteiger partial charge is 0.205 e. The molecule has 0 bridgehead atoms. The Bertz CT molecular complexity index is 699. The van der Waals surface area contributed by atoms with Crippen molar-refractivity contribution in [2.45, 2.75) is 6.92 Å². The minimum absolute atomic E-state index is 0.504. The SMILES string of the molecule is Cc1ccccc1-c1cn(-c2ccccc2)c(N)n1. The lowest BCUT2D eigenvalue weighted by molar-refractivity contribution is 1.07. The normalized spacial score (nSPS) is 10.6. The second kappa shape index (κ2) is 4.61. The van der Waals surface area contributed by atoms with E-state index in [1.807, 2.05) is 53.2 Å². The largest absolute Gasteiger partial charge is 0.369 e. The third-order valence-corrected chi connectivity index (χ3v) is 3.19. The summed E-state index contributed by atoms with van der Waals surface area (Å²) in [6, 6.07) is 18.2. The summed E-state index contributed by atoms with van der Waals surface area (Å²) in [6.45, 7) is 2.08. The molecule has 0 radical (unpaired) electrons. The Kier molecular flexibility index (Phi) is 2.80. The molecule has 2 aromatic carbocycles. The second-order valence-corrected chi connectivity index (χ2v) is 4.50. The second-order valence-electron chi connectivity index (χ2n) is 4.50. The summed E-state index contributed by atoms with van der Waals surface area (Å²) in [7, 11) is 0. The molecule has 0 atom stereocenters. The molecule has 0 saturated heterocycles. The van der Waals surface area contributed by atoms with Crippen LogP contribution in [0.5, 0.6) is 0 Å². The van der Waals surface area contributed by atoms with Crippen molar-refractivity contribution in [3.05, 3.63) is 66.4 Å². The average molecular weight is 249 g/mol. The van der Waals surface area contributed by atoms with Crippen molar-refractivity contribution >= 4 is 5.95 Å². The first-order chi connectivity index (χ1) is 9.25. The van der Waals surface area contributed by atoms with E-state index in [1.54, 1.807) is 0 Å². The van der Waals surface area contributed by atoms with E-state index in [2.05, 4.69) is 24.0 Å². The van der Waals surface area contributed by atoms with Crippen LogP contribution in [0.4, 0.5) is 5.95 Å². The van der Waals surface area contributed by atoms with Crippen LogP contribution in [0.1, 0.15) is 5.56 Å². The number of hydrogen-bond donors (Lipinski definition) is 1. The molecule has 0 unspecified atom stereocenters. The van der Waals surface area contributed by atoms with Crippen molar-refractivity contribution in [1.82, 2.24) is 9.55 Å². The van der Waals surface area contributed by atoms with Crippen LogP contribution < -0.4 is 5.73 Å². The Morgan fingerprint density at radius 3 is 2.37 bits per heavy atom. The summed E-state index contributed by atoms with van der Waals surface area (Å²) in [4.78, 5) is 4.46. The fourth-order valence-electron chi connectivity index (χ4n) is 2.18. The zero-order valence-corrected chi connectivity index (χ0v) is 10.7. The Morgan fingerprint density at radius 2 is 1.63 bits per heavy atom. The lowest BCUT2D eigenvalue weighted by Crippen LogP contribution is -1.98. The summed E-state index contributed by atoms with van der Waals surface area (Å²) < 4.78 is 1.90. The molecular weight excluding hydrogens is 234 g/mol. The Hall–Kier alpha value is -2.55. The monoisotopic (exact) mass is 249 g/mol. The third kappa shape index (κ3) is 2.10. The van der Waals surface area contributed by atoms with Gasteiger partial charge < -0.3 is 5.73 Å². The van der Waals surface area contributed by atoms with Crippen molar-refractivity contribution in [2.24, 2.45) is 0 Å². The van der Waals surface area contributed by atoms with E-state index in [0.717, 1.165) is 16.9 Å². The molecule has 0 aliphatic carbocycles. The molecular formula is C16H15N3. The van der Waals surface area contributed by atoms with E-state index in [-0.39, 0.29) is 0 Å². The van der Waals surface area contributed by atoms with Gasteiger partial charge in [-0.2, -0.15) is 0 Å². The van der Waals surface area contributed by atoms with Gasteiger partial charge in [0.15, 0.2) is 0 Å². The van der Waals surface area contributed by atoms with E-state index >= 15 is 0 Å². The van der Waals surface area contributed by atoms with E-state index < -0.39 is 0 Å². The number of nitrogens with two attached hydrogens (primary N) is 1. The molecule has 0 fully saturated rings. The first-order valence-corrected chi connectivity index (χ1v) is 6.22. The summed E-state index contributed by atoms with van der Waals surface area (Å²) >= 11 is 0. The van der Waals surface area contributed by atoms with Gasteiger partial charge in [-0.25, -0.2) is 4.98 Å². The third-order valence-electron chi connectivity index (χ3n) is 3.19. The molecule has 3 heteroatoms. The van der Waals surface area contributed by atoms with Gasteiger partial charge in [0.2, 0.25) is 5.95 Å². The number of rotatable bonds is 2. The molecule has 19 heavy (non-hydrogen) atoms. The lowest BCUT2D eigenvalue weighted by atomic mass is 10.1. The van der Waals surface area contributed by atoms with Crippen molar-refractivity contribution in [3.63, 3.8) is 0 Å². The zero-order valence-electron chi connectivity index (χ0n) is 10.7. The van der Waals surface area contributed by atoms with E-state index in [1.165, 1.54) is 5.56 Å². The van der Waals surface area contributed by atoms with E-state index in [0.29, 0.717) is 5.95 Å². The number of benzene rings is 2. The van der Waals surface area contributed by atoms with Crippen LogP contribution in [-0.4, -0.2) is 9.55 Å². The van der Waals surface area contributed by atoms with Gasteiger partial charge in [0, 0.05) is 17.4 Å². The highest BCUT2D eigenvalue weighted by atomic mass is 15.1. The highest BCUT2D eigenvalue weighted by Gasteiger charge is 2.09. The number of aromatic nitrogens is 2. The first-order valence-electron chi connectivity index (χ1n) is 6.22. The van der Waals surface area contributed by atoms with Gasteiger partial charge in [-0.3, -0.25) is 4.57 Å². The molecule has 2 N–H and O–H groups in total. The molecule has 0 spiro atoms. The van der Waals surface area contributed by atoms with Crippen LogP contribution in [0.2, 0.25) is 0 Å². The number of para-hydroxylation sites is 1. The van der Waals surface area contributed by atoms with Crippen molar-refractivity contribution in [1.29, 1.82) is 0 Å². The van der Waals surface area contributed by atoms with Gasteiger partial charge in [-0.15, -0.1) is 0 Å². The molecule has 1 aromatic heterocycles. The predicted octanol–water partition coefficient (Wildman–Crippen LogP) is 3.43. The number of nitrogens with zero attached hydrogens (tertiary/aromatic N) is 2. The van der Waals surface area contributed by atoms with E-state index in [9.17, 15) is 0 Å². The molecule has 94 valence electrons. The number of anilines is 1. The van der Waals surface area contributed by atoms with Crippen LogP contribution in [-0.2, 0) is 0 Å². The van der Waals surface area contributed by atoms with Crippen LogP contribution in [0, 0.1) is 6.92 Å². The van der Waals surface area contributed by atoms with Crippen molar-refractivity contribution in [2.75, 3.05) is 5.73 Å². The van der Waals surface area contributed by atoms with Gasteiger partial charge in [-0.1, -0.05) is 42.5 Å². The maximum atomic E-state index is 6.01. The highest BCUT2D eigenvalue weighted by molar-refractivity contribution is 5.65. The van der Waals surface area contributed by atoms with E-state index in [4.69, 9.17) is 5.73 Å². The molecule has 0 saturated carbocycles. The molecule has 1 heterocycles. The summed E-state index contributed by atoms with van der Waals surface area (Å²) in [6.07, 6.45) is 1.98. The maximum Gasteiger partial charge on any atom is 0.205 e. The minimum Gasteiger partial charge on any atom is -0.369 e. The van der Waals surface area contributed by atoms with Crippen molar-refractivity contribution in [3.8, 4) is 16.9 Å². The van der Waals surface area contributed by atoms with Gasteiger partial charge in [-0.05, 0) is 24.6 Å². The van der Waals surface area contributed by atoms with Crippen LogP contribution in [0.15, 0.2) is 60.8 Å². The Morgan fingerprint density at radius 1 is 0.947 bits per heavy atom. The molecule has 0 aliphatic heterocycles. The molecule has 3 rings (SSSR count). The Labute approximate surface area is 112 Å². The molecule has 0 aliphatic rings. The van der Waals surface area contributed by atoms with Gasteiger partial charge in [0.1, 0.15) is 0 Å². The van der Waals surface area contributed by atoms with Crippen molar-refractivity contribution < 1.29 is 0 Å². The number of imidazole rings is 1. The average Bonchev–Trinajstić information content (AvgIpc) is 2.82. The Balaban J connectivity index is 2.10. The molecule has 3 aromatic rings. The minimum atomic E-state index is 0.504. The quantitative estimate of drug-likeness (QED) is 0.756. The predicted molar refractivity (Wildman–Crippen MR) is 78.1 cm³/mol. The number of nitrogen functional groups attached to an aromatic ring is 1. The zero-order chi connectivity index (χ0) is 13.2. The standard InChI is InChI=1S/C16H15N3/c1-12-7-5-6-10-14(12)15-11-19(16(17)18-15)13-8-3-2-4-9-13/h2-11H,1H3,(H2,17,18). The maximum absolute atomic E-state index is 6.01. The molecule has 0 amide bonds. The van der Waals surface area contributed by atoms with Crippen LogP contribution >= 0.6 is 0 Å². The van der Waals surface area contributed by atoms with Gasteiger partial charge in [0.05, 0.1) is 5.69 Å². The van der Waals surface area contributed by atoms with Crippen LogP contribution in [0.25, 0.3) is 16.9 Å². The summed E-state index contributed by atoms with van der Waals surface area (Å²) in [5, 5.41) is 0. The number of aryl methyl sites for hydroxylation is 1. The van der Waals surface area contributed by atoms with Crippen LogP contribution in [0.3, 0.4) is 0 Å². The summed E-state index contributed by atoms with van der Waals surface area (Å²) in [5.41, 5.74) is 10.2. The fourth-order valence-corrected chi connectivity index (χ4v) is 2.18. The van der Waals surface area contributed by atoms with Gasteiger partial charge >= 0.3 is 0 Å². The topological polar surface area (TPSA) is 43.8 Å². The molecule has 3 nitrogen and oxygen atoms in total. The fraction of sp³-hybridized carbons (Fsp3) is 0.0625.